The molecular formula is C21H18Cl3N3O3. The summed E-state index contributed by atoms with van der Waals surface area (Å²) in [5, 5.41) is 9.65. The Morgan fingerprint density at radius 3 is 2.50 bits per heavy atom. The van der Waals surface area contributed by atoms with Crippen LogP contribution in [-0.2, 0) is 11.3 Å². The van der Waals surface area contributed by atoms with Gasteiger partial charge in [-0.2, -0.15) is 0 Å². The van der Waals surface area contributed by atoms with E-state index in [1.165, 1.54) is 0 Å². The smallest absolute Gasteiger partial charge is 0.264 e. The fourth-order valence-corrected chi connectivity index (χ4v) is 3.57. The van der Waals surface area contributed by atoms with Crippen LogP contribution in [0.3, 0.4) is 0 Å². The molecule has 1 saturated carbocycles. The lowest BCUT2D eigenvalue weighted by molar-refractivity contribution is -0.139. The highest BCUT2D eigenvalue weighted by Crippen LogP contribution is 2.32. The van der Waals surface area contributed by atoms with Gasteiger partial charge in [-0.15, -0.1) is 10.2 Å². The van der Waals surface area contributed by atoms with E-state index in [2.05, 4.69) is 10.2 Å². The average Bonchev–Trinajstić information content (AvgIpc) is 3.46. The van der Waals surface area contributed by atoms with Gasteiger partial charge in [-0.05, 0) is 62.2 Å². The Kier molecular flexibility index (Phi) is 6.18. The van der Waals surface area contributed by atoms with E-state index < -0.39 is 6.10 Å². The lowest BCUT2D eigenvalue weighted by Gasteiger charge is -2.25. The minimum atomic E-state index is -0.733. The Morgan fingerprint density at radius 1 is 1.13 bits per heavy atom. The van der Waals surface area contributed by atoms with Crippen LogP contribution in [0.2, 0.25) is 15.1 Å². The predicted molar refractivity (Wildman–Crippen MR) is 115 cm³/mol. The predicted octanol–water partition coefficient (Wildman–Crippen LogP) is 5.66. The molecule has 1 aromatic heterocycles. The van der Waals surface area contributed by atoms with Crippen LogP contribution in [0.1, 0.15) is 25.7 Å². The first-order chi connectivity index (χ1) is 14.4. The first-order valence-corrected chi connectivity index (χ1v) is 10.5. The normalized spacial score (nSPS) is 14.4. The first-order valence-electron chi connectivity index (χ1n) is 9.41. The molecule has 6 nitrogen and oxygen atoms in total. The molecule has 0 N–H and O–H groups in total. The molecule has 0 radical (unpaired) electrons. The van der Waals surface area contributed by atoms with Crippen LogP contribution in [0.5, 0.6) is 5.75 Å². The Labute approximate surface area is 188 Å². The number of ether oxygens (including phenoxy) is 1. The van der Waals surface area contributed by atoms with Gasteiger partial charge in [0.05, 0.1) is 11.6 Å². The zero-order valence-corrected chi connectivity index (χ0v) is 18.3. The SMILES string of the molecule is CC(Oc1ccc(Cl)cc1Cl)C(=O)N(Cc1nnc(-c2ccc(Cl)cc2)o1)C1CC1. The maximum absolute atomic E-state index is 13.1. The van der Waals surface area contributed by atoms with Crippen molar-refractivity contribution in [2.45, 2.75) is 38.5 Å². The molecule has 1 fully saturated rings. The van der Waals surface area contributed by atoms with E-state index in [9.17, 15) is 4.79 Å². The molecule has 0 aliphatic heterocycles. The van der Waals surface area contributed by atoms with Gasteiger partial charge in [-0.25, -0.2) is 0 Å². The Morgan fingerprint density at radius 2 is 1.83 bits per heavy atom. The number of amides is 1. The van der Waals surface area contributed by atoms with Gasteiger partial charge in [0.1, 0.15) is 5.75 Å². The molecule has 1 aliphatic carbocycles. The molecule has 1 atom stereocenters. The van der Waals surface area contributed by atoms with E-state index in [-0.39, 0.29) is 18.5 Å². The van der Waals surface area contributed by atoms with Crippen LogP contribution in [0.25, 0.3) is 11.5 Å². The summed E-state index contributed by atoms with van der Waals surface area (Å²) in [5.74, 6) is 0.967. The molecule has 4 rings (SSSR count). The molecular weight excluding hydrogens is 449 g/mol. The molecule has 1 unspecified atom stereocenters. The number of hydrogen-bond donors (Lipinski definition) is 0. The lowest BCUT2D eigenvalue weighted by atomic mass is 10.2. The van der Waals surface area contributed by atoms with Crippen molar-refractivity contribution in [2.75, 3.05) is 0 Å². The van der Waals surface area contributed by atoms with Gasteiger partial charge >= 0.3 is 0 Å². The largest absolute Gasteiger partial charge is 0.479 e. The van der Waals surface area contributed by atoms with Crippen molar-refractivity contribution in [3.05, 3.63) is 63.4 Å². The van der Waals surface area contributed by atoms with Gasteiger partial charge in [-0.1, -0.05) is 34.8 Å². The second kappa shape index (κ2) is 8.84. The molecule has 1 aliphatic rings. The monoisotopic (exact) mass is 465 g/mol. The molecule has 30 heavy (non-hydrogen) atoms. The third-order valence-corrected chi connectivity index (χ3v) is 5.46. The lowest BCUT2D eigenvalue weighted by Crippen LogP contribution is -2.41. The molecule has 9 heteroatoms. The second-order valence-corrected chi connectivity index (χ2v) is 8.32. The first kappa shape index (κ1) is 21.0. The highest BCUT2D eigenvalue weighted by atomic mass is 35.5. The van der Waals surface area contributed by atoms with Crippen molar-refractivity contribution >= 4 is 40.7 Å². The van der Waals surface area contributed by atoms with E-state index in [0.717, 1.165) is 18.4 Å². The summed E-state index contributed by atoms with van der Waals surface area (Å²) in [6.45, 7) is 1.90. The summed E-state index contributed by atoms with van der Waals surface area (Å²) < 4.78 is 11.5. The Bertz CT molecular complexity index is 1050. The number of carbonyl (C=O) groups is 1. The highest BCUT2D eigenvalue weighted by molar-refractivity contribution is 6.35. The topological polar surface area (TPSA) is 68.5 Å². The molecule has 0 bridgehead atoms. The number of nitrogens with zero attached hydrogens (tertiary/aromatic N) is 3. The molecule has 0 spiro atoms. The quantitative estimate of drug-likeness (QED) is 0.450. The molecule has 1 heterocycles. The number of aromatic nitrogens is 2. The van der Waals surface area contributed by atoms with E-state index in [4.69, 9.17) is 44.0 Å². The van der Waals surface area contributed by atoms with Gasteiger partial charge in [0.15, 0.2) is 6.10 Å². The summed E-state index contributed by atoms with van der Waals surface area (Å²) in [4.78, 5) is 14.8. The molecule has 156 valence electrons. The van der Waals surface area contributed by atoms with Gasteiger partial charge < -0.3 is 14.1 Å². The third-order valence-electron chi connectivity index (χ3n) is 4.68. The van der Waals surface area contributed by atoms with Crippen LogP contribution >= 0.6 is 34.8 Å². The summed E-state index contributed by atoms with van der Waals surface area (Å²) in [6, 6.07) is 12.1. The van der Waals surface area contributed by atoms with E-state index >= 15 is 0 Å². The van der Waals surface area contributed by atoms with Crippen molar-refractivity contribution < 1.29 is 13.9 Å². The summed E-state index contributed by atoms with van der Waals surface area (Å²) in [5.41, 5.74) is 0.761. The zero-order chi connectivity index (χ0) is 21.3. The van der Waals surface area contributed by atoms with E-state index in [1.807, 2.05) is 0 Å². The number of rotatable bonds is 7. The standard InChI is InChI=1S/C21H18Cl3N3O3/c1-12(29-18-9-6-15(23)10-17(18)24)21(28)27(16-7-8-16)11-19-25-26-20(30-19)13-2-4-14(22)5-3-13/h2-6,9-10,12,16H,7-8,11H2,1H3. The van der Waals surface area contributed by atoms with Crippen LogP contribution in [-0.4, -0.2) is 33.2 Å². The minimum Gasteiger partial charge on any atom is -0.479 e. The molecule has 1 amide bonds. The van der Waals surface area contributed by atoms with Gasteiger partial charge in [0, 0.05) is 21.7 Å². The summed E-state index contributed by atoms with van der Waals surface area (Å²) >= 11 is 18.0. The van der Waals surface area contributed by atoms with Crippen molar-refractivity contribution in [2.24, 2.45) is 0 Å². The van der Waals surface area contributed by atoms with Crippen molar-refractivity contribution in [3.63, 3.8) is 0 Å². The van der Waals surface area contributed by atoms with Crippen molar-refractivity contribution in [3.8, 4) is 17.2 Å². The number of halogens is 3. The number of carbonyl (C=O) groups excluding carboxylic acids is 1. The molecule has 0 saturated heterocycles. The highest BCUT2D eigenvalue weighted by Gasteiger charge is 2.36. The molecule has 2 aromatic carbocycles. The van der Waals surface area contributed by atoms with Gasteiger partial charge in [0.2, 0.25) is 11.8 Å². The maximum Gasteiger partial charge on any atom is 0.264 e. The van der Waals surface area contributed by atoms with E-state index in [1.54, 1.807) is 54.3 Å². The van der Waals surface area contributed by atoms with Crippen molar-refractivity contribution in [1.29, 1.82) is 0 Å². The van der Waals surface area contributed by atoms with Crippen LogP contribution in [0.15, 0.2) is 46.9 Å². The van der Waals surface area contributed by atoms with Crippen molar-refractivity contribution in [1.82, 2.24) is 15.1 Å². The summed E-state index contributed by atoms with van der Waals surface area (Å²) in [6.07, 6.45) is 1.12. The fourth-order valence-electron chi connectivity index (χ4n) is 2.99. The van der Waals surface area contributed by atoms with E-state index in [0.29, 0.717) is 32.6 Å². The number of benzene rings is 2. The van der Waals surface area contributed by atoms with Gasteiger partial charge in [-0.3, -0.25) is 4.79 Å². The Balaban J connectivity index is 1.46. The van der Waals surface area contributed by atoms with Crippen LogP contribution in [0, 0.1) is 0 Å². The zero-order valence-electron chi connectivity index (χ0n) is 16.0. The minimum absolute atomic E-state index is 0.134. The fraction of sp³-hybridized carbons (Fsp3) is 0.286. The Hall–Kier alpha value is -2.28. The maximum atomic E-state index is 13.1. The molecule has 3 aromatic rings. The van der Waals surface area contributed by atoms with Gasteiger partial charge in [0.25, 0.3) is 5.91 Å². The van der Waals surface area contributed by atoms with Crippen LogP contribution < -0.4 is 4.74 Å². The van der Waals surface area contributed by atoms with Crippen LogP contribution in [0.4, 0.5) is 0 Å². The number of hydrogen-bond acceptors (Lipinski definition) is 5. The summed E-state index contributed by atoms with van der Waals surface area (Å²) in [7, 11) is 0. The average molecular weight is 467 g/mol. The second-order valence-electron chi connectivity index (χ2n) is 7.04. The third kappa shape index (κ3) is 4.89.